The highest BCUT2D eigenvalue weighted by Gasteiger charge is 2.16. The van der Waals surface area contributed by atoms with E-state index in [1.165, 1.54) is 19.2 Å². The Morgan fingerprint density at radius 1 is 1.15 bits per heavy atom. The monoisotopic (exact) mass is 359 g/mol. The summed E-state index contributed by atoms with van der Waals surface area (Å²) < 4.78 is 16.1. The number of hydrogen-bond acceptors (Lipinski definition) is 6. The van der Waals surface area contributed by atoms with Crippen molar-refractivity contribution in [1.82, 2.24) is 0 Å². The molecule has 0 amide bonds. The summed E-state index contributed by atoms with van der Waals surface area (Å²) in [5, 5.41) is 11.0. The van der Waals surface area contributed by atoms with Gasteiger partial charge in [-0.2, -0.15) is 0 Å². The predicted molar refractivity (Wildman–Crippen MR) is 95.5 cm³/mol. The third-order valence-electron chi connectivity index (χ3n) is 3.52. The summed E-state index contributed by atoms with van der Waals surface area (Å²) in [6.45, 7) is 4.39. The zero-order chi connectivity index (χ0) is 19.1. The van der Waals surface area contributed by atoms with Gasteiger partial charge in [0.15, 0.2) is 11.5 Å². The van der Waals surface area contributed by atoms with Gasteiger partial charge in [-0.3, -0.25) is 10.1 Å². The SMILES string of the molecule is COc1cc(C(=O)OCc2ccccc2[N+](=O)[O-])ccc1OCC(C)C. The molecule has 2 rings (SSSR count). The molecule has 0 unspecified atom stereocenters. The van der Waals surface area contributed by atoms with Crippen molar-refractivity contribution in [2.75, 3.05) is 13.7 Å². The minimum Gasteiger partial charge on any atom is -0.493 e. The average Bonchev–Trinajstić information content (AvgIpc) is 2.64. The Morgan fingerprint density at radius 3 is 2.54 bits per heavy atom. The first-order valence-corrected chi connectivity index (χ1v) is 8.12. The highest BCUT2D eigenvalue weighted by atomic mass is 16.6. The highest BCUT2D eigenvalue weighted by molar-refractivity contribution is 5.90. The van der Waals surface area contributed by atoms with Gasteiger partial charge >= 0.3 is 5.97 Å². The lowest BCUT2D eigenvalue weighted by Gasteiger charge is -2.13. The maximum Gasteiger partial charge on any atom is 0.338 e. The Kier molecular flexibility index (Phi) is 6.54. The first-order chi connectivity index (χ1) is 12.4. The topological polar surface area (TPSA) is 87.9 Å². The second kappa shape index (κ2) is 8.84. The zero-order valence-corrected chi connectivity index (χ0v) is 14.9. The van der Waals surface area contributed by atoms with E-state index in [1.54, 1.807) is 30.3 Å². The Balaban J connectivity index is 2.09. The quantitative estimate of drug-likeness (QED) is 0.402. The number of esters is 1. The van der Waals surface area contributed by atoms with Gasteiger partial charge in [-0.25, -0.2) is 4.79 Å². The van der Waals surface area contributed by atoms with Crippen LogP contribution in [-0.4, -0.2) is 24.6 Å². The molecular weight excluding hydrogens is 338 g/mol. The lowest BCUT2D eigenvalue weighted by atomic mass is 10.2. The molecule has 0 aliphatic heterocycles. The maximum absolute atomic E-state index is 12.3. The Hall–Kier alpha value is -3.09. The molecule has 2 aromatic carbocycles. The van der Waals surface area contributed by atoms with Crippen LogP contribution in [0, 0.1) is 16.0 Å². The fraction of sp³-hybridized carbons (Fsp3) is 0.316. The first-order valence-electron chi connectivity index (χ1n) is 8.12. The molecule has 7 heteroatoms. The van der Waals surface area contributed by atoms with E-state index in [1.807, 2.05) is 13.8 Å². The van der Waals surface area contributed by atoms with E-state index in [9.17, 15) is 14.9 Å². The van der Waals surface area contributed by atoms with Gasteiger partial charge in [-0.1, -0.05) is 26.0 Å². The summed E-state index contributed by atoms with van der Waals surface area (Å²) in [4.78, 5) is 22.8. The maximum atomic E-state index is 12.3. The minimum absolute atomic E-state index is 0.0877. The predicted octanol–water partition coefficient (Wildman–Crippen LogP) is 4.00. The second-order valence-electron chi connectivity index (χ2n) is 6.03. The van der Waals surface area contributed by atoms with Gasteiger partial charge in [0.25, 0.3) is 5.69 Å². The Bertz CT molecular complexity index is 787. The molecule has 7 nitrogen and oxygen atoms in total. The number of ether oxygens (including phenoxy) is 3. The Morgan fingerprint density at radius 2 is 1.88 bits per heavy atom. The fourth-order valence-electron chi connectivity index (χ4n) is 2.21. The summed E-state index contributed by atoms with van der Waals surface area (Å²) >= 11 is 0. The van der Waals surface area contributed by atoms with Gasteiger partial charge in [-0.05, 0) is 30.2 Å². The molecule has 0 heterocycles. The molecule has 0 fully saturated rings. The van der Waals surface area contributed by atoms with Crippen LogP contribution in [0.3, 0.4) is 0 Å². The van der Waals surface area contributed by atoms with Gasteiger partial charge in [0.2, 0.25) is 0 Å². The Labute approximate surface area is 151 Å². The normalized spacial score (nSPS) is 10.5. The van der Waals surface area contributed by atoms with Crippen molar-refractivity contribution >= 4 is 11.7 Å². The van der Waals surface area contributed by atoms with Crippen LogP contribution in [-0.2, 0) is 11.3 Å². The molecule has 0 saturated heterocycles. The van der Waals surface area contributed by atoms with E-state index in [4.69, 9.17) is 14.2 Å². The summed E-state index contributed by atoms with van der Waals surface area (Å²) in [6, 6.07) is 10.9. The second-order valence-corrected chi connectivity index (χ2v) is 6.03. The van der Waals surface area contributed by atoms with E-state index in [2.05, 4.69) is 0 Å². The van der Waals surface area contributed by atoms with Crippen molar-refractivity contribution in [2.45, 2.75) is 20.5 Å². The fourth-order valence-corrected chi connectivity index (χ4v) is 2.21. The highest BCUT2D eigenvalue weighted by Crippen LogP contribution is 2.29. The molecular formula is C19H21NO6. The van der Waals surface area contributed by atoms with Crippen molar-refractivity contribution in [2.24, 2.45) is 5.92 Å². The van der Waals surface area contributed by atoms with Gasteiger partial charge in [-0.15, -0.1) is 0 Å². The van der Waals surface area contributed by atoms with Crippen molar-refractivity contribution < 1.29 is 23.9 Å². The van der Waals surface area contributed by atoms with Crippen molar-refractivity contribution in [3.8, 4) is 11.5 Å². The van der Waals surface area contributed by atoms with Gasteiger partial charge < -0.3 is 14.2 Å². The molecule has 0 atom stereocenters. The van der Waals surface area contributed by atoms with Crippen LogP contribution in [0.4, 0.5) is 5.69 Å². The van der Waals surface area contributed by atoms with E-state index < -0.39 is 10.9 Å². The molecule has 0 spiro atoms. The molecule has 0 aromatic heterocycles. The molecule has 138 valence electrons. The molecule has 0 bridgehead atoms. The van der Waals surface area contributed by atoms with Crippen LogP contribution in [0.1, 0.15) is 29.8 Å². The molecule has 0 saturated carbocycles. The van der Waals surface area contributed by atoms with Crippen LogP contribution < -0.4 is 9.47 Å². The van der Waals surface area contributed by atoms with Gasteiger partial charge in [0, 0.05) is 6.07 Å². The van der Waals surface area contributed by atoms with Crippen LogP contribution in [0.2, 0.25) is 0 Å². The van der Waals surface area contributed by atoms with E-state index in [0.29, 0.717) is 29.6 Å². The van der Waals surface area contributed by atoms with Crippen LogP contribution in [0.25, 0.3) is 0 Å². The van der Waals surface area contributed by atoms with E-state index in [0.717, 1.165) is 0 Å². The van der Waals surface area contributed by atoms with Crippen LogP contribution >= 0.6 is 0 Å². The van der Waals surface area contributed by atoms with Gasteiger partial charge in [0.05, 0.1) is 29.8 Å². The number of para-hydroxylation sites is 1. The molecule has 26 heavy (non-hydrogen) atoms. The van der Waals surface area contributed by atoms with E-state index in [-0.39, 0.29) is 17.9 Å². The number of carbonyl (C=O) groups excluding carboxylic acids is 1. The van der Waals surface area contributed by atoms with Crippen LogP contribution in [0.15, 0.2) is 42.5 Å². The molecule has 0 N–H and O–H groups in total. The van der Waals surface area contributed by atoms with Crippen LogP contribution in [0.5, 0.6) is 11.5 Å². The molecule has 0 aliphatic carbocycles. The minimum atomic E-state index is -0.600. The number of nitrogens with zero attached hydrogens (tertiary/aromatic N) is 1. The van der Waals surface area contributed by atoms with Crippen molar-refractivity contribution in [3.05, 3.63) is 63.7 Å². The summed E-state index contributed by atoms with van der Waals surface area (Å²) in [6.07, 6.45) is 0. The molecule has 0 aliphatic rings. The van der Waals surface area contributed by atoms with Crippen molar-refractivity contribution in [1.29, 1.82) is 0 Å². The number of nitro benzene ring substituents is 1. The standard InChI is InChI=1S/C19H21NO6/c1-13(2)11-25-17-9-8-14(10-18(17)24-3)19(21)26-12-15-6-4-5-7-16(15)20(22)23/h4-10,13H,11-12H2,1-3H3. The lowest BCUT2D eigenvalue weighted by Crippen LogP contribution is -2.08. The number of carbonyl (C=O) groups is 1. The average molecular weight is 359 g/mol. The zero-order valence-electron chi connectivity index (χ0n) is 14.9. The first kappa shape index (κ1) is 19.2. The van der Waals surface area contributed by atoms with Gasteiger partial charge in [0.1, 0.15) is 6.61 Å². The third kappa shape index (κ3) is 4.95. The molecule has 2 aromatic rings. The smallest absolute Gasteiger partial charge is 0.338 e. The number of methoxy groups -OCH3 is 1. The van der Waals surface area contributed by atoms with E-state index >= 15 is 0 Å². The summed E-state index contributed by atoms with van der Waals surface area (Å²) in [7, 11) is 1.49. The largest absolute Gasteiger partial charge is 0.493 e. The summed E-state index contributed by atoms with van der Waals surface area (Å²) in [5.41, 5.74) is 0.516. The summed E-state index contributed by atoms with van der Waals surface area (Å²) in [5.74, 6) is 0.713. The molecule has 0 radical (unpaired) electrons. The number of benzene rings is 2. The number of hydrogen-bond donors (Lipinski definition) is 0. The number of rotatable bonds is 8. The number of nitro groups is 1. The lowest BCUT2D eigenvalue weighted by molar-refractivity contribution is -0.385. The third-order valence-corrected chi connectivity index (χ3v) is 3.52. The van der Waals surface area contributed by atoms with Crippen molar-refractivity contribution in [3.63, 3.8) is 0 Å².